The summed E-state index contributed by atoms with van der Waals surface area (Å²) in [5.41, 5.74) is 3.36. The van der Waals surface area contributed by atoms with Crippen molar-refractivity contribution in [1.29, 1.82) is 0 Å². The van der Waals surface area contributed by atoms with Crippen LogP contribution in [0.15, 0.2) is 36.5 Å². The van der Waals surface area contributed by atoms with Gasteiger partial charge in [-0.3, -0.25) is 9.58 Å². The van der Waals surface area contributed by atoms with Crippen LogP contribution in [-0.4, -0.2) is 81.2 Å². The quantitative estimate of drug-likeness (QED) is 0.333. The Hall–Kier alpha value is -3.47. The molecule has 4 saturated heterocycles. The monoisotopic (exact) mass is 601 g/mol. The van der Waals surface area contributed by atoms with E-state index in [1.807, 2.05) is 6.07 Å². The summed E-state index contributed by atoms with van der Waals surface area (Å²) in [7, 11) is 1.81. The number of aryl methyl sites for hydroxylation is 1. The molecule has 4 fully saturated rings. The Kier molecular flexibility index (Phi) is 5.60. The highest BCUT2D eigenvalue weighted by molar-refractivity contribution is 6.37. The van der Waals surface area contributed by atoms with Gasteiger partial charge in [-0.2, -0.15) is 15.1 Å². The summed E-state index contributed by atoms with van der Waals surface area (Å²) in [6, 6.07) is 6.14. The minimum Gasteiger partial charge on any atom is -0.489 e. The van der Waals surface area contributed by atoms with E-state index >= 15 is 4.39 Å². The summed E-state index contributed by atoms with van der Waals surface area (Å²) in [4.78, 5) is 14.9. The summed E-state index contributed by atoms with van der Waals surface area (Å²) in [5.74, 6) is 0.886. The van der Waals surface area contributed by atoms with E-state index in [9.17, 15) is 0 Å². The Labute approximate surface area is 253 Å². The van der Waals surface area contributed by atoms with Crippen molar-refractivity contribution in [2.24, 2.45) is 7.05 Å². The molecule has 0 spiro atoms. The number of ether oxygens (including phenoxy) is 2. The molecule has 7 heterocycles. The Bertz CT molecular complexity index is 1840. The van der Waals surface area contributed by atoms with Gasteiger partial charge in [-0.25, -0.2) is 4.39 Å². The molecule has 4 atom stereocenters. The molecule has 0 unspecified atom stereocenters. The average Bonchev–Trinajstić information content (AvgIpc) is 3.72. The molecule has 0 aliphatic carbocycles. The lowest BCUT2D eigenvalue weighted by Gasteiger charge is -2.40. The van der Waals surface area contributed by atoms with Gasteiger partial charge in [-0.05, 0) is 56.8 Å². The maximum Gasteiger partial charge on any atom is 0.319 e. The van der Waals surface area contributed by atoms with Crippen LogP contribution < -0.4 is 19.7 Å². The molecule has 5 aliphatic rings. The first kappa shape index (κ1) is 26.0. The second kappa shape index (κ2) is 9.27. The lowest BCUT2D eigenvalue weighted by molar-refractivity contribution is 0.108. The number of hydrogen-bond acceptors (Lipinski definition) is 8. The molecule has 2 aromatic heterocycles. The van der Waals surface area contributed by atoms with Crippen LogP contribution in [0.4, 0.5) is 10.2 Å². The third kappa shape index (κ3) is 3.79. The lowest BCUT2D eigenvalue weighted by Crippen LogP contribution is -2.60. The second-order valence-electron chi connectivity index (χ2n) is 13.0. The smallest absolute Gasteiger partial charge is 0.319 e. The van der Waals surface area contributed by atoms with Gasteiger partial charge in [0.25, 0.3) is 0 Å². The van der Waals surface area contributed by atoms with Crippen molar-refractivity contribution < 1.29 is 13.9 Å². The lowest BCUT2D eigenvalue weighted by atomic mass is 9.94. The highest BCUT2D eigenvalue weighted by Crippen LogP contribution is 2.49. The summed E-state index contributed by atoms with van der Waals surface area (Å²) in [6.45, 7) is 8.01. The molecular weight excluding hydrogens is 569 g/mol. The van der Waals surface area contributed by atoms with Gasteiger partial charge in [0.05, 0.1) is 39.2 Å². The van der Waals surface area contributed by atoms with Crippen molar-refractivity contribution in [3.05, 3.63) is 47.4 Å². The van der Waals surface area contributed by atoms with Gasteiger partial charge in [-0.15, -0.1) is 0 Å². The van der Waals surface area contributed by atoms with Crippen molar-refractivity contribution in [2.75, 3.05) is 37.7 Å². The summed E-state index contributed by atoms with van der Waals surface area (Å²) < 4.78 is 30.4. The first-order valence-corrected chi connectivity index (χ1v) is 15.6. The van der Waals surface area contributed by atoms with Crippen LogP contribution in [-0.2, 0) is 7.05 Å². The Balaban J connectivity index is 1.23. The number of fused-ring (bicyclic) bond motifs is 7. The molecule has 9 nitrogen and oxygen atoms in total. The number of halogens is 2. The van der Waals surface area contributed by atoms with Gasteiger partial charge in [-0.1, -0.05) is 23.8 Å². The molecule has 9 rings (SSSR count). The van der Waals surface area contributed by atoms with Crippen molar-refractivity contribution in [1.82, 2.24) is 30.0 Å². The van der Waals surface area contributed by atoms with E-state index < -0.39 is 0 Å². The number of rotatable bonds is 4. The van der Waals surface area contributed by atoms with Crippen LogP contribution in [0.2, 0.25) is 5.02 Å². The third-order valence-electron chi connectivity index (χ3n) is 10.4. The normalized spacial score (nSPS) is 27.9. The first-order valence-electron chi connectivity index (χ1n) is 15.2. The predicted molar refractivity (Wildman–Crippen MR) is 164 cm³/mol. The number of benzene rings is 2. The number of aromatic nitrogens is 4. The Morgan fingerprint density at radius 1 is 1.28 bits per heavy atom. The standard InChI is InChI=1S/C32H33ClFN7O2/c1-17-11-32(8-3-9-40(32)13-17)16-43-31-37-23-10-20(25-21(34)6-4-18-12-35-39(2)28(18)25)27(33)29-26(23)30(38-31)41-14-19-5-7-22(36-19)24(41)15-42-29/h4,6,10,12,19,22,24,36H,1,3,5,7-9,11,13-16H2,2H3/t19-,22+,24-,32+/m1/s1. The summed E-state index contributed by atoms with van der Waals surface area (Å²) in [6.07, 6.45) is 7.09. The van der Waals surface area contributed by atoms with E-state index in [0.717, 1.165) is 68.3 Å². The highest BCUT2D eigenvalue weighted by Gasteiger charge is 2.47. The fourth-order valence-electron chi connectivity index (χ4n) is 8.44. The van der Waals surface area contributed by atoms with Gasteiger partial charge < -0.3 is 19.7 Å². The number of hydrogen-bond donors (Lipinski definition) is 1. The predicted octanol–water partition coefficient (Wildman–Crippen LogP) is 4.85. The van der Waals surface area contributed by atoms with Crippen LogP contribution in [0.1, 0.15) is 32.1 Å². The van der Waals surface area contributed by atoms with Crippen LogP contribution in [0.25, 0.3) is 32.9 Å². The maximum atomic E-state index is 15.7. The van der Waals surface area contributed by atoms with Crippen LogP contribution >= 0.6 is 11.6 Å². The molecule has 0 saturated carbocycles. The van der Waals surface area contributed by atoms with E-state index in [1.165, 1.54) is 11.6 Å². The zero-order chi connectivity index (χ0) is 29.0. The Morgan fingerprint density at radius 3 is 3.09 bits per heavy atom. The molecule has 0 radical (unpaired) electrons. The summed E-state index contributed by atoms with van der Waals surface area (Å²) in [5, 5.41) is 10.1. The second-order valence-corrected chi connectivity index (χ2v) is 13.3. The average molecular weight is 602 g/mol. The minimum absolute atomic E-state index is 0.0576. The van der Waals surface area contributed by atoms with Crippen LogP contribution in [0.5, 0.6) is 11.8 Å². The number of nitrogens with zero attached hydrogens (tertiary/aromatic N) is 6. The Morgan fingerprint density at radius 2 is 2.19 bits per heavy atom. The van der Waals surface area contributed by atoms with E-state index in [2.05, 4.69) is 26.8 Å². The number of nitrogens with one attached hydrogen (secondary N) is 1. The molecule has 2 aromatic carbocycles. The highest BCUT2D eigenvalue weighted by atomic mass is 35.5. The molecule has 43 heavy (non-hydrogen) atoms. The van der Waals surface area contributed by atoms with Gasteiger partial charge in [0.15, 0.2) is 5.75 Å². The zero-order valence-electron chi connectivity index (χ0n) is 24.1. The molecular formula is C32H33ClFN7O2. The van der Waals surface area contributed by atoms with E-state index in [4.69, 9.17) is 31.0 Å². The van der Waals surface area contributed by atoms with Gasteiger partial charge in [0.1, 0.15) is 24.8 Å². The molecule has 4 aromatic rings. The number of anilines is 1. The molecule has 2 bridgehead atoms. The van der Waals surface area contributed by atoms with Crippen molar-refractivity contribution in [2.45, 2.75) is 55.8 Å². The molecule has 11 heteroatoms. The third-order valence-corrected chi connectivity index (χ3v) is 10.8. The maximum absolute atomic E-state index is 15.7. The summed E-state index contributed by atoms with van der Waals surface area (Å²) >= 11 is 7.17. The van der Waals surface area contributed by atoms with Gasteiger partial charge >= 0.3 is 6.01 Å². The molecule has 1 N–H and O–H groups in total. The topological polar surface area (TPSA) is 80.6 Å². The van der Waals surface area contributed by atoms with Crippen LogP contribution in [0, 0.1) is 5.82 Å². The fraction of sp³-hybridized carbons (Fsp3) is 0.469. The molecule has 0 amide bonds. The van der Waals surface area contributed by atoms with Crippen molar-refractivity contribution in [3.8, 4) is 22.9 Å². The van der Waals surface area contributed by atoms with E-state index in [0.29, 0.717) is 58.2 Å². The van der Waals surface area contributed by atoms with Gasteiger partial charge in [0.2, 0.25) is 0 Å². The van der Waals surface area contributed by atoms with Crippen molar-refractivity contribution >= 4 is 39.2 Å². The first-order chi connectivity index (χ1) is 20.9. The molecule has 5 aliphatic heterocycles. The SMILES string of the molecule is C=C1CN2CCC[C@@]2(COc2nc3c4c(c(Cl)c(-c5c(F)ccc6cnn(C)c56)cc4n2)OC[C@@H]2[C@@H]4CC[C@H](CN32)N4)C1. The van der Waals surface area contributed by atoms with E-state index in [1.54, 1.807) is 24.0 Å². The van der Waals surface area contributed by atoms with Gasteiger partial charge in [0, 0.05) is 48.7 Å². The minimum atomic E-state index is -0.384. The zero-order valence-corrected chi connectivity index (χ0v) is 24.8. The van der Waals surface area contributed by atoms with Crippen LogP contribution in [0.3, 0.4) is 0 Å². The number of piperazine rings is 1. The fourth-order valence-corrected chi connectivity index (χ4v) is 8.74. The molecule has 222 valence electrons. The van der Waals surface area contributed by atoms with E-state index in [-0.39, 0.29) is 23.4 Å². The largest absolute Gasteiger partial charge is 0.489 e. The van der Waals surface area contributed by atoms with Crippen molar-refractivity contribution in [3.63, 3.8) is 0 Å².